The van der Waals surface area contributed by atoms with Crippen molar-refractivity contribution in [3.05, 3.63) is 0 Å². The summed E-state index contributed by atoms with van der Waals surface area (Å²) in [7, 11) is 1.63. The summed E-state index contributed by atoms with van der Waals surface area (Å²) in [5.41, 5.74) is -0.457. The lowest BCUT2D eigenvalue weighted by Crippen LogP contribution is -2.44. The van der Waals surface area contributed by atoms with Crippen molar-refractivity contribution in [1.29, 1.82) is 0 Å². The Kier molecular flexibility index (Phi) is 7.42. The predicted molar refractivity (Wildman–Crippen MR) is 81.3 cm³/mol. The maximum Gasteiger partial charge on any atom is 0.410 e. The van der Waals surface area contributed by atoms with Crippen LogP contribution in [0.3, 0.4) is 0 Å². The highest BCUT2D eigenvalue weighted by Gasteiger charge is 2.25. The highest BCUT2D eigenvalue weighted by atomic mass is 16.6. The molecular weight excluding hydrogens is 272 g/mol. The summed E-state index contributed by atoms with van der Waals surface area (Å²) in [4.78, 5) is 13.9. The predicted octanol–water partition coefficient (Wildman–Crippen LogP) is 1.37. The van der Waals surface area contributed by atoms with Gasteiger partial charge in [0.05, 0.1) is 19.3 Å². The zero-order valence-electron chi connectivity index (χ0n) is 13.7. The fourth-order valence-electron chi connectivity index (χ4n) is 2.46. The molecule has 0 spiro atoms. The first-order valence-corrected chi connectivity index (χ1v) is 7.69. The van der Waals surface area contributed by atoms with E-state index < -0.39 is 5.60 Å². The Morgan fingerprint density at radius 1 is 1.38 bits per heavy atom. The van der Waals surface area contributed by atoms with Crippen molar-refractivity contribution in [2.75, 3.05) is 33.4 Å². The summed E-state index contributed by atoms with van der Waals surface area (Å²) < 4.78 is 10.5. The molecule has 1 rings (SSSR count). The van der Waals surface area contributed by atoms with Gasteiger partial charge in [0.15, 0.2) is 0 Å². The summed E-state index contributed by atoms with van der Waals surface area (Å²) in [5, 5.41) is 12.7. The van der Waals surface area contributed by atoms with Gasteiger partial charge in [0.2, 0.25) is 0 Å². The van der Waals surface area contributed by atoms with Gasteiger partial charge < -0.3 is 24.8 Å². The summed E-state index contributed by atoms with van der Waals surface area (Å²) in [6.45, 7) is 7.58. The fraction of sp³-hybridized carbons (Fsp3) is 0.933. The van der Waals surface area contributed by atoms with Crippen LogP contribution in [0.1, 0.15) is 40.0 Å². The lowest BCUT2D eigenvalue weighted by Gasteiger charge is -2.26. The maximum atomic E-state index is 12.1. The number of aliphatic hydroxyl groups is 1. The van der Waals surface area contributed by atoms with E-state index in [-0.39, 0.29) is 18.7 Å². The van der Waals surface area contributed by atoms with Crippen molar-refractivity contribution in [2.45, 2.75) is 57.7 Å². The van der Waals surface area contributed by atoms with Crippen LogP contribution in [0.4, 0.5) is 4.79 Å². The van der Waals surface area contributed by atoms with Gasteiger partial charge in [-0.15, -0.1) is 0 Å². The van der Waals surface area contributed by atoms with Crippen LogP contribution in [0.5, 0.6) is 0 Å². The molecule has 2 N–H and O–H groups in total. The van der Waals surface area contributed by atoms with E-state index in [4.69, 9.17) is 9.47 Å². The van der Waals surface area contributed by atoms with Crippen LogP contribution in [0, 0.1) is 0 Å². The van der Waals surface area contributed by atoms with Crippen molar-refractivity contribution < 1.29 is 19.4 Å². The second-order valence-electron chi connectivity index (χ2n) is 6.60. The molecule has 21 heavy (non-hydrogen) atoms. The molecule has 0 bridgehead atoms. The number of carbonyl (C=O) groups excluding carboxylic acids is 1. The molecule has 0 saturated carbocycles. The number of aliphatic hydroxyl groups excluding tert-OH is 1. The van der Waals surface area contributed by atoms with Gasteiger partial charge in [-0.25, -0.2) is 4.79 Å². The lowest BCUT2D eigenvalue weighted by molar-refractivity contribution is 0.0255. The molecule has 1 aliphatic heterocycles. The minimum absolute atomic E-state index is 0.0481. The first-order chi connectivity index (χ1) is 9.85. The minimum atomic E-state index is -0.457. The van der Waals surface area contributed by atoms with Crippen LogP contribution in [0.25, 0.3) is 0 Å². The van der Waals surface area contributed by atoms with Gasteiger partial charge in [-0.1, -0.05) is 0 Å². The van der Waals surface area contributed by atoms with Crippen molar-refractivity contribution in [2.24, 2.45) is 0 Å². The molecule has 6 heteroatoms. The highest BCUT2D eigenvalue weighted by Crippen LogP contribution is 2.15. The van der Waals surface area contributed by atoms with E-state index in [0.29, 0.717) is 19.2 Å². The average Bonchev–Trinajstić information content (AvgIpc) is 2.62. The van der Waals surface area contributed by atoms with E-state index in [2.05, 4.69) is 5.32 Å². The largest absolute Gasteiger partial charge is 0.444 e. The molecule has 1 aliphatic rings. The third-order valence-electron chi connectivity index (χ3n) is 3.44. The first kappa shape index (κ1) is 18.2. The Labute approximate surface area is 127 Å². The SMILES string of the molecule is COCC(CO)NC1CCCN(C(=O)OC(C)(C)C)CC1. The Hall–Kier alpha value is -0.850. The third kappa shape index (κ3) is 7.11. The van der Waals surface area contributed by atoms with Crippen LogP contribution in [0.2, 0.25) is 0 Å². The number of nitrogens with one attached hydrogen (secondary N) is 1. The average molecular weight is 302 g/mol. The van der Waals surface area contributed by atoms with E-state index in [1.807, 2.05) is 20.8 Å². The summed E-state index contributed by atoms with van der Waals surface area (Å²) >= 11 is 0. The third-order valence-corrected chi connectivity index (χ3v) is 3.44. The van der Waals surface area contributed by atoms with Gasteiger partial charge in [-0.3, -0.25) is 0 Å². The number of amides is 1. The molecule has 1 saturated heterocycles. The Balaban J connectivity index is 2.44. The molecule has 2 unspecified atom stereocenters. The topological polar surface area (TPSA) is 71.0 Å². The van der Waals surface area contributed by atoms with Gasteiger partial charge in [0.25, 0.3) is 0 Å². The van der Waals surface area contributed by atoms with Crippen LogP contribution in [0.15, 0.2) is 0 Å². The standard InChI is InChI=1S/C15H30N2O4/c1-15(2,3)21-14(19)17-8-5-6-12(7-9-17)16-13(10-18)11-20-4/h12-13,16,18H,5-11H2,1-4H3. The van der Waals surface area contributed by atoms with E-state index in [0.717, 1.165) is 25.8 Å². The van der Waals surface area contributed by atoms with E-state index in [1.165, 1.54) is 0 Å². The summed E-state index contributed by atoms with van der Waals surface area (Å²) in [5.74, 6) is 0. The second-order valence-corrected chi connectivity index (χ2v) is 6.60. The number of ether oxygens (including phenoxy) is 2. The van der Waals surface area contributed by atoms with Crippen LogP contribution in [-0.4, -0.2) is 67.2 Å². The fourth-order valence-corrected chi connectivity index (χ4v) is 2.46. The smallest absolute Gasteiger partial charge is 0.410 e. The van der Waals surface area contributed by atoms with Crippen LogP contribution >= 0.6 is 0 Å². The van der Waals surface area contributed by atoms with Gasteiger partial charge in [0.1, 0.15) is 5.60 Å². The number of carbonyl (C=O) groups is 1. The lowest BCUT2D eigenvalue weighted by atomic mass is 10.1. The quantitative estimate of drug-likeness (QED) is 0.802. The molecular formula is C15H30N2O4. The van der Waals surface area contributed by atoms with Crippen molar-refractivity contribution in [1.82, 2.24) is 10.2 Å². The van der Waals surface area contributed by atoms with Crippen molar-refractivity contribution >= 4 is 6.09 Å². The molecule has 124 valence electrons. The molecule has 1 amide bonds. The monoisotopic (exact) mass is 302 g/mol. The molecule has 1 fully saturated rings. The summed E-state index contributed by atoms with van der Waals surface area (Å²) in [6, 6.07) is 0.248. The molecule has 6 nitrogen and oxygen atoms in total. The number of likely N-dealkylation sites (tertiary alicyclic amines) is 1. The molecule has 1 heterocycles. The zero-order chi connectivity index (χ0) is 15.9. The van der Waals surface area contributed by atoms with Gasteiger partial charge in [-0.05, 0) is 40.0 Å². The molecule has 0 aromatic carbocycles. The molecule has 0 aromatic heterocycles. The Bertz CT molecular complexity index is 317. The minimum Gasteiger partial charge on any atom is -0.444 e. The zero-order valence-corrected chi connectivity index (χ0v) is 13.7. The number of rotatable bonds is 5. The normalized spacial score (nSPS) is 21.8. The van der Waals surface area contributed by atoms with Crippen LogP contribution < -0.4 is 5.32 Å². The first-order valence-electron chi connectivity index (χ1n) is 7.69. The van der Waals surface area contributed by atoms with Gasteiger partial charge in [-0.2, -0.15) is 0 Å². The summed E-state index contributed by atoms with van der Waals surface area (Å²) in [6.07, 6.45) is 2.54. The number of methoxy groups -OCH3 is 1. The Morgan fingerprint density at radius 3 is 2.67 bits per heavy atom. The van der Waals surface area contributed by atoms with E-state index in [1.54, 1.807) is 12.0 Å². The van der Waals surface area contributed by atoms with Crippen molar-refractivity contribution in [3.8, 4) is 0 Å². The maximum absolute atomic E-state index is 12.1. The number of hydrogen-bond acceptors (Lipinski definition) is 5. The molecule has 0 aromatic rings. The number of hydrogen-bond donors (Lipinski definition) is 2. The van der Waals surface area contributed by atoms with Crippen LogP contribution in [-0.2, 0) is 9.47 Å². The second kappa shape index (κ2) is 8.56. The number of nitrogens with zero attached hydrogens (tertiary/aromatic N) is 1. The van der Waals surface area contributed by atoms with Crippen molar-refractivity contribution in [3.63, 3.8) is 0 Å². The van der Waals surface area contributed by atoms with Gasteiger partial charge in [0, 0.05) is 26.2 Å². The molecule has 0 aliphatic carbocycles. The molecule has 2 atom stereocenters. The van der Waals surface area contributed by atoms with E-state index >= 15 is 0 Å². The van der Waals surface area contributed by atoms with E-state index in [9.17, 15) is 9.90 Å². The molecule has 0 radical (unpaired) electrons. The van der Waals surface area contributed by atoms with Gasteiger partial charge >= 0.3 is 6.09 Å². The Morgan fingerprint density at radius 2 is 2.10 bits per heavy atom. The highest BCUT2D eigenvalue weighted by molar-refractivity contribution is 5.68.